The van der Waals surface area contributed by atoms with E-state index in [1.165, 1.54) is 18.2 Å². The molecular weight excluding hydrogens is 301 g/mol. The summed E-state index contributed by atoms with van der Waals surface area (Å²) in [4.78, 5) is 19.1. The number of aromatic nitrogens is 2. The molecule has 1 aliphatic heterocycles. The molecule has 0 radical (unpaired) electrons. The summed E-state index contributed by atoms with van der Waals surface area (Å²) in [5.41, 5.74) is 1.39. The van der Waals surface area contributed by atoms with E-state index in [-0.39, 0.29) is 11.4 Å². The predicted octanol–water partition coefficient (Wildman–Crippen LogP) is 2.29. The molecule has 6 heteroatoms. The molecule has 0 bridgehead atoms. The van der Waals surface area contributed by atoms with Gasteiger partial charge < -0.3 is 4.90 Å². The Morgan fingerprint density at radius 1 is 1.27 bits per heavy atom. The third-order valence-corrected chi connectivity index (χ3v) is 4.58. The van der Waals surface area contributed by atoms with Crippen LogP contribution >= 0.6 is 11.8 Å². The Morgan fingerprint density at radius 2 is 2.05 bits per heavy atom. The molecule has 0 saturated carbocycles. The van der Waals surface area contributed by atoms with Crippen LogP contribution in [0.3, 0.4) is 0 Å². The maximum absolute atomic E-state index is 13.4. The van der Waals surface area contributed by atoms with E-state index in [0.29, 0.717) is 18.2 Å². The number of aryl methyl sites for hydroxylation is 1. The summed E-state index contributed by atoms with van der Waals surface area (Å²) in [5.74, 6) is 2.46. The fourth-order valence-electron chi connectivity index (χ4n) is 2.58. The summed E-state index contributed by atoms with van der Waals surface area (Å²) in [7, 11) is 0. The first kappa shape index (κ1) is 15.1. The highest BCUT2D eigenvalue weighted by Crippen LogP contribution is 2.18. The average molecular weight is 319 g/mol. The fraction of sp³-hybridized carbons (Fsp3) is 0.375. The highest BCUT2D eigenvalue weighted by molar-refractivity contribution is 7.99. The van der Waals surface area contributed by atoms with E-state index in [2.05, 4.69) is 9.88 Å². The van der Waals surface area contributed by atoms with Crippen molar-refractivity contribution in [2.45, 2.75) is 13.5 Å². The van der Waals surface area contributed by atoms with Crippen LogP contribution in [-0.4, -0.2) is 34.1 Å². The van der Waals surface area contributed by atoms with Crippen LogP contribution in [0.25, 0.3) is 0 Å². The molecule has 1 saturated heterocycles. The number of anilines is 1. The smallest absolute Gasteiger partial charge is 0.255 e. The van der Waals surface area contributed by atoms with Gasteiger partial charge in [0.2, 0.25) is 5.95 Å². The van der Waals surface area contributed by atoms with Gasteiger partial charge in [0.05, 0.1) is 6.54 Å². The molecule has 1 aromatic heterocycles. The van der Waals surface area contributed by atoms with Crippen molar-refractivity contribution in [3.63, 3.8) is 0 Å². The second-order valence-corrected chi connectivity index (χ2v) is 6.58. The lowest BCUT2D eigenvalue weighted by molar-refractivity contribution is 0.620. The van der Waals surface area contributed by atoms with Gasteiger partial charge in [-0.05, 0) is 24.6 Å². The molecule has 22 heavy (non-hydrogen) atoms. The number of nitrogens with zero attached hydrogens (tertiary/aromatic N) is 3. The number of benzene rings is 1. The van der Waals surface area contributed by atoms with E-state index in [0.717, 1.165) is 30.2 Å². The zero-order valence-electron chi connectivity index (χ0n) is 12.5. The number of thioether (sulfide) groups is 1. The highest BCUT2D eigenvalue weighted by atomic mass is 32.2. The van der Waals surface area contributed by atoms with Crippen molar-refractivity contribution in [2.75, 3.05) is 29.5 Å². The molecule has 116 valence electrons. The van der Waals surface area contributed by atoms with Gasteiger partial charge in [-0.3, -0.25) is 9.36 Å². The van der Waals surface area contributed by atoms with Gasteiger partial charge in [-0.25, -0.2) is 9.37 Å². The highest BCUT2D eigenvalue weighted by Gasteiger charge is 2.18. The Labute approximate surface area is 133 Å². The van der Waals surface area contributed by atoms with Crippen molar-refractivity contribution < 1.29 is 4.39 Å². The van der Waals surface area contributed by atoms with Crippen LogP contribution in [0.1, 0.15) is 11.3 Å². The van der Waals surface area contributed by atoms with Gasteiger partial charge in [0.15, 0.2) is 0 Å². The molecule has 1 aliphatic rings. The topological polar surface area (TPSA) is 38.1 Å². The normalized spacial score (nSPS) is 15.1. The molecule has 0 atom stereocenters. The maximum atomic E-state index is 13.4. The molecule has 0 N–H and O–H groups in total. The Balaban J connectivity index is 2.00. The van der Waals surface area contributed by atoms with E-state index in [9.17, 15) is 9.18 Å². The molecule has 0 aliphatic carbocycles. The zero-order valence-corrected chi connectivity index (χ0v) is 13.3. The van der Waals surface area contributed by atoms with Gasteiger partial charge in [-0.1, -0.05) is 12.1 Å². The van der Waals surface area contributed by atoms with Gasteiger partial charge in [0, 0.05) is 36.4 Å². The SMILES string of the molecule is Cc1cc(=O)n(Cc2cccc(F)c2)c(N2CCSCC2)n1. The molecule has 2 aromatic rings. The summed E-state index contributed by atoms with van der Waals surface area (Å²) in [5, 5.41) is 0. The Hall–Kier alpha value is -1.82. The first-order chi connectivity index (χ1) is 10.6. The number of rotatable bonds is 3. The van der Waals surface area contributed by atoms with Crippen LogP contribution in [-0.2, 0) is 6.54 Å². The minimum Gasteiger partial charge on any atom is -0.340 e. The maximum Gasteiger partial charge on any atom is 0.255 e. The predicted molar refractivity (Wildman–Crippen MR) is 88.3 cm³/mol. The number of halogens is 1. The average Bonchev–Trinajstić information content (AvgIpc) is 2.51. The molecule has 0 unspecified atom stereocenters. The van der Waals surface area contributed by atoms with E-state index in [1.807, 2.05) is 24.8 Å². The second-order valence-electron chi connectivity index (χ2n) is 5.35. The summed E-state index contributed by atoms with van der Waals surface area (Å²) >= 11 is 1.91. The zero-order chi connectivity index (χ0) is 15.5. The molecular formula is C16H18FN3OS. The van der Waals surface area contributed by atoms with Crippen molar-refractivity contribution in [2.24, 2.45) is 0 Å². The first-order valence-corrected chi connectivity index (χ1v) is 8.44. The lowest BCUT2D eigenvalue weighted by Gasteiger charge is -2.29. The molecule has 0 spiro atoms. The van der Waals surface area contributed by atoms with Crippen molar-refractivity contribution >= 4 is 17.7 Å². The van der Waals surface area contributed by atoms with Crippen LogP contribution in [0.2, 0.25) is 0 Å². The summed E-state index contributed by atoms with van der Waals surface area (Å²) < 4.78 is 15.0. The Morgan fingerprint density at radius 3 is 2.77 bits per heavy atom. The fourth-order valence-corrected chi connectivity index (χ4v) is 3.48. The van der Waals surface area contributed by atoms with Crippen molar-refractivity contribution in [1.82, 2.24) is 9.55 Å². The van der Waals surface area contributed by atoms with Crippen LogP contribution in [0.4, 0.5) is 10.3 Å². The van der Waals surface area contributed by atoms with Gasteiger partial charge >= 0.3 is 0 Å². The first-order valence-electron chi connectivity index (χ1n) is 7.29. The Bertz CT molecular complexity index is 726. The monoisotopic (exact) mass is 319 g/mol. The molecule has 1 aromatic carbocycles. The third kappa shape index (κ3) is 3.32. The molecule has 2 heterocycles. The number of hydrogen-bond acceptors (Lipinski definition) is 4. The van der Waals surface area contributed by atoms with E-state index in [1.54, 1.807) is 10.6 Å². The standard InChI is InChI=1S/C16H18FN3OS/c1-12-9-15(21)20(11-13-3-2-4-14(17)10-13)16(18-12)19-5-7-22-8-6-19/h2-4,9-10H,5-8,11H2,1H3. The quantitative estimate of drug-likeness (QED) is 0.870. The number of hydrogen-bond donors (Lipinski definition) is 0. The largest absolute Gasteiger partial charge is 0.340 e. The molecule has 1 fully saturated rings. The summed E-state index contributed by atoms with van der Waals surface area (Å²) in [6.45, 7) is 3.92. The van der Waals surface area contributed by atoms with Crippen molar-refractivity contribution in [1.29, 1.82) is 0 Å². The molecule has 3 rings (SSSR count). The van der Waals surface area contributed by atoms with Crippen molar-refractivity contribution in [3.05, 3.63) is 57.8 Å². The van der Waals surface area contributed by atoms with Crippen LogP contribution in [0.15, 0.2) is 35.1 Å². The Kier molecular flexibility index (Phi) is 4.47. The van der Waals surface area contributed by atoms with E-state index < -0.39 is 0 Å². The minimum absolute atomic E-state index is 0.0926. The summed E-state index contributed by atoms with van der Waals surface area (Å²) in [6, 6.07) is 7.88. The molecule has 0 amide bonds. The van der Waals surface area contributed by atoms with E-state index >= 15 is 0 Å². The lowest BCUT2D eigenvalue weighted by Crippen LogP contribution is -2.38. The third-order valence-electron chi connectivity index (χ3n) is 3.64. The van der Waals surface area contributed by atoms with Crippen LogP contribution < -0.4 is 10.5 Å². The van der Waals surface area contributed by atoms with Crippen molar-refractivity contribution in [3.8, 4) is 0 Å². The van der Waals surface area contributed by atoms with Gasteiger partial charge in [-0.2, -0.15) is 11.8 Å². The van der Waals surface area contributed by atoms with Gasteiger partial charge in [-0.15, -0.1) is 0 Å². The lowest BCUT2D eigenvalue weighted by atomic mass is 10.2. The summed E-state index contributed by atoms with van der Waals surface area (Å²) in [6.07, 6.45) is 0. The van der Waals surface area contributed by atoms with Crippen LogP contribution in [0.5, 0.6) is 0 Å². The van der Waals surface area contributed by atoms with Gasteiger partial charge in [0.25, 0.3) is 5.56 Å². The van der Waals surface area contributed by atoms with Crippen LogP contribution in [0, 0.1) is 12.7 Å². The van der Waals surface area contributed by atoms with E-state index in [4.69, 9.17) is 0 Å². The minimum atomic E-state index is -0.290. The second kappa shape index (κ2) is 6.52. The molecule has 4 nitrogen and oxygen atoms in total. The van der Waals surface area contributed by atoms with Gasteiger partial charge in [0.1, 0.15) is 5.82 Å².